The van der Waals surface area contributed by atoms with Gasteiger partial charge in [-0.25, -0.2) is 0 Å². The maximum atomic E-state index is 12.0. The molecule has 1 atom stereocenters. The first-order chi connectivity index (χ1) is 7.67. The van der Waals surface area contributed by atoms with E-state index in [-0.39, 0.29) is 6.54 Å². The van der Waals surface area contributed by atoms with Crippen LogP contribution in [-0.2, 0) is 19.2 Å². The number of carbonyl (C=O) groups excluding carboxylic acids is 3. The van der Waals surface area contributed by atoms with Gasteiger partial charge in [0.25, 0.3) is 0 Å². The number of hydrogen-bond donors (Lipinski definition) is 2. The van der Waals surface area contributed by atoms with Crippen molar-refractivity contribution in [3.63, 3.8) is 0 Å². The average molecular weight is 242 g/mol. The summed E-state index contributed by atoms with van der Waals surface area (Å²) in [6, 6.07) is -0.848. The number of imide groups is 1. The van der Waals surface area contributed by atoms with Gasteiger partial charge >= 0.3 is 5.97 Å². The third-order valence-corrected chi connectivity index (χ3v) is 2.75. The second-order valence-electron chi connectivity index (χ2n) is 4.45. The molecule has 0 aromatic heterocycles. The highest BCUT2D eigenvalue weighted by Gasteiger charge is 2.44. The van der Waals surface area contributed by atoms with Crippen LogP contribution < -0.4 is 5.32 Å². The Morgan fingerprint density at radius 1 is 1.41 bits per heavy atom. The summed E-state index contributed by atoms with van der Waals surface area (Å²) < 4.78 is 0. The summed E-state index contributed by atoms with van der Waals surface area (Å²) in [4.78, 5) is 46.4. The van der Waals surface area contributed by atoms with Crippen molar-refractivity contribution in [2.75, 3.05) is 6.54 Å². The van der Waals surface area contributed by atoms with E-state index in [0.717, 1.165) is 4.90 Å². The van der Waals surface area contributed by atoms with Gasteiger partial charge in [0.1, 0.15) is 18.0 Å². The van der Waals surface area contributed by atoms with E-state index in [1.807, 2.05) is 0 Å². The first-order valence-corrected chi connectivity index (χ1v) is 5.06. The monoisotopic (exact) mass is 242 g/mol. The number of hydrogen-bond acceptors (Lipinski definition) is 4. The van der Waals surface area contributed by atoms with Crippen molar-refractivity contribution in [3.05, 3.63) is 0 Å². The third kappa shape index (κ3) is 2.27. The number of carbonyl (C=O) groups is 4. The van der Waals surface area contributed by atoms with Crippen molar-refractivity contribution in [1.29, 1.82) is 0 Å². The molecule has 0 spiro atoms. The first-order valence-electron chi connectivity index (χ1n) is 5.06. The highest BCUT2D eigenvalue weighted by Crippen LogP contribution is 2.21. The van der Waals surface area contributed by atoms with E-state index in [2.05, 4.69) is 5.32 Å². The largest absolute Gasteiger partial charge is 0.480 e. The number of aliphatic carboxylic acids is 1. The second kappa shape index (κ2) is 4.15. The summed E-state index contributed by atoms with van der Waals surface area (Å²) in [6.45, 7) is 3.61. The van der Waals surface area contributed by atoms with Crippen molar-refractivity contribution in [2.24, 2.45) is 5.41 Å². The van der Waals surface area contributed by atoms with Crippen LogP contribution in [0.15, 0.2) is 0 Å². The number of carboxylic acids is 1. The summed E-state index contributed by atoms with van der Waals surface area (Å²) in [5.74, 6) is -3.26. The van der Waals surface area contributed by atoms with Gasteiger partial charge in [-0.15, -0.1) is 0 Å². The van der Waals surface area contributed by atoms with E-state index in [1.54, 1.807) is 0 Å². The third-order valence-electron chi connectivity index (χ3n) is 2.75. The predicted octanol–water partition coefficient (Wildman–Crippen LogP) is -1.03. The fourth-order valence-corrected chi connectivity index (χ4v) is 1.41. The van der Waals surface area contributed by atoms with Crippen molar-refractivity contribution < 1.29 is 24.3 Å². The number of nitrogens with zero attached hydrogens (tertiary/aromatic N) is 1. The Labute approximate surface area is 97.8 Å². The molecule has 1 heterocycles. The van der Waals surface area contributed by atoms with E-state index in [1.165, 1.54) is 20.8 Å². The van der Waals surface area contributed by atoms with E-state index >= 15 is 0 Å². The van der Waals surface area contributed by atoms with E-state index in [0.29, 0.717) is 0 Å². The summed E-state index contributed by atoms with van der Waals surface area (Å²) in [5.41, 5.74) is -1.66. The van der Waals surface area contributed by atoms with Gasteiger partial charge in [0.05, 0.1) is 0 Å². The van der Waals surface area contributed by atoms with Gasteiger partial charge in [0.15, 0.2) is 0 Å². The van der Waals surface area contributed by atoms with Gasteiger partial charge in [0.2, 0.25) is 17.7 Å². The van der Waals surface area contributed by atoms with E-state index in [9.17, 15) is 19.2 Å². The Balaban J connectivity index is 2.99. The van der Waals surface area contributed by atoms with Gasteiger partial charge in [-0.1, -0.05) is 0 Å². The molecule has 1 aliphatic rings. The summed E-state index contributed by atoms with van der Waals surface area (Å²) in [6.07, 6.45) is 0. The maximum absolute atomic E-state index is 12.0. The molecular formula is C10H14N2O5. The molecule has 0 radical (unpaired) electrons. The zero-order valence-corrected chi connectivity index (χ0v) is 9.81. The van der Waals surface area contributed by atoms with Crippen molar-refractivity contribution in [1.82, 2.24) is 10.2 Å². The molecule has 0 bridgehead atoms. The lowest BCUT2D eigenvalue weighted by Gasteiger charge is -2.35. The normalized spacial score (nSPS) is 21.1. The molecule has 7 heteroatoms. The predicted molar refractivity (Wildman–Crippen MR) is 55.7 cm³/mol. The number of nitrogens with one attached hydrogen (secondary N) is 1. The van der Waals surface area contributed by atoms with Gasteiger partial charge < -0.3 is 10.0 Å². The van der Waals surface area contributed by atoms with Crippen molar-refractivity contribution >= 4 is 23.7 Å². The molecule has 0 aliphatic carbocycles. The van der Waals surface area contributed by atoms with Crippen LogP contribution in [0.2, 0.25) is 0 Å². The molecule has 0 aromatic rings. The molecule has 2 N–H and O–H groups in total. The van der Waals surface area contributed by atoms with Crippen molar-refractivity contribution in [2.45, 2.75) is 26.8 Å². The Kier molecular flexibility index (Phi) is 3.21. The lowest BCUT2D eigenvalue weighted by molar-refractivity contribution is -0.164. The van der Waals surface area contributed by atoms with Crippen LogP contribution in [-0.4, -0.2) is 46.3 Å². The second-order valence-corrected chi connectivity index (χ2v) is 4.45. The summed E-state index contributed by atoms with van der Waals surface area (Å²) >= 11 is 0. The quantitative estimate of drug-likeness (QED) is 0.476. The highest BCUT2D eigenvalue weighted by molar-refractivity contribution is 6.08. The zero-order chi connectivity index (χ0) is 13.4. The smallest absolute Gasteiger partial charge is 0.318 e. The fraction of sp³-hybridized carbons (Fsp3) is 0.600. The van der Waals surface area contributed by atoms with Crippen LogP contribution in [0.3, 0.4) is 0 Å². The molecule has 0 aromatic carbocycles. The molecule has 17 heavy (non-hydrogen) atoms. The molecule has 94 valence electrons. The topological polar surface area (TPSA) is 104 Å². The molecule has 1 fully saturated rings. The number of amides is 3. The molecular weight excluding hydrogens is 228 g/mol. The number of piperazine rings is 1. The number of carboxylic acid groups (broad SMARTS) is 1. The standard InChI is InChI=1S/C10H14N2O5/c1-5-7(14)11-6(13)4-12(5)8(15)10(2,3)9(16)17/h5H,4H2,1-3H3,(H,16,17)(H,11,13,14). The van der Waals surface area contributed by atoms with Gasteiger partial charge in [-0.3, -0.25) is 24.5 Å². The van der Waals surface area contributed by atoms with Crippen LogP contribution >= 0.6 is 0 Å². The SMILES string of the molecule is CC1C(=O)NC(=O)CN1C(=O)C(C)(C)C(=O)O. The lowest BCUT2D eigenvalue weighted by atomic mass is 9.91. The lowest BCUT2D eigenvalue weighted by Crippen LogP contribution is -2.61. The Morgan fingerprint density at radius 3 is 2.41 bits per heavy atom. The average Bonchev–Trinajstić information content (AvgIpc) is 2.22. The van der Waals surface area contributed by atoms with E-state index in [4.69, 9.17) is 5.11 Å². The Morgan fingerprint density at radius 2 is 1.94 bits per heavy atom. The van der Waals surface area contributed by atoms with Crippen LogP contribution in [0.25, 0.3) is 0 Å². The maximum Gasteiger partial charge on any atom is 0.318 e. The van der Waals surface area contributed by atoms with E-state index < -0.39 is 35.1 Å². The van der Waals surface area contributed by atoms with Crippen LogP contribution in [0.5, 0.6) is 0 Å². The molecule has 1 rings (SSSR count). The van der Waals surface area contributed by atoms with Gasteiger partial charge in [-0.05, 0) is 20.8 Å². The summed E-state index contributed by atoms with van der Waals surface area (Å²) in [7, 11) is 0. The van der Waals surface area contributed by atoms with Crippen LogP contribution in [0, 0.1) is 5.41 Å². The Bertz CT molecular complexity index is 402. The molecule has 1 saturated heterocycles. The fourth-order valence-electron chi connectivity index (χ4n) is 1.41. The van der Waals surface area contributed by atoms with Crippen LogP contribution in [0.4, 0.5) is 0 Å². The molecule has 3 amide bonds. The van der Waals surface area contributed by atoms with Crippen molar-refractivity contribution in [3.8, 4) is 0 Å². The molecule has 7 nitrogen and oxygen atoms in total. The molecule has 1 unspecified atom stereocenters. The molecule has 1 aliphatic heterocycles. The minimum atomic E-state index is -1.66. The molecule has 0 saturated carbocycles. The number of rotatable bonds is 2. The van der Waals surface area contributed by atoms with Gasteiger partial charge in [0, 0.05) is 0 Å². The first kappa shape index (κ1) is 13.1. The Hall–Kier alpha value is -1.92. The minimum Gasteiger partial charge on any atom is -0.480 e. The minimum absolute atomic E-state index is 0.303. The summed E-state index contributed by atoms with van der Waals surface area (Å²) in [5, 5.41) is 11.0. The zero-order valence-electron chi connectivity index (χ0n) is 9.81. The highest BCUT2D eigenvalue weighted by atomic mass is 16.4. The van der Waals surface area contributed by atoms with Gasteiger partial charge in [-0.2, -0.15) is 0 Å². The van der Waals surface area contributed by atoms with Crippen LogP contribution in [0.1, 0.15) is 20.8 Å².